The largest absolute Gasteiger partial charge is 0.465 e. The second kappa shape index (κ2) is 11.1. The number of carbonyl (C=O) groups is 3. The first-order chi connectivity index (χ1) is 16.3. The third-order valence-electron chi connectivity index (χ3n) is 4.64. The van der Waals surface area contributed by atoms with Crippen molar-refractivity contribution < 1.29 is 19.1 Å². The van der Waals surface area contributed by atoms with E-state index >= 15 is 0 Å². The summed E-state index contributed by atoms with van der Waals surface area (Å²) in [6.45, 7) is 5.87. The molecule has 3 heterocycles. The minimum atomic E-state index is -0.625. The summed E-state index contributed by atoms with van der Waals surface area (Å²) in [4.78, 5) is 43.7. The summed E-state index contributed by atoms with van der Waals surface area (Å²) in [6.07, 6.45) is 3.38. The molecular formula is C22H24N6O4S2. The Labute approximate surface area is 205 Å². The Hall–Kier alpha value is -3.51. The lowest BCUT2D eigenvalue weighted by atomic mass is 10.1. The number of aromatic nitrogens is 4. The third-order valence-corrected chi connectivity index (χ3v) is 6.81. The number of allylic oxidation sites excluding steroid dienone is 1. The monoisotopic (exact) mass is 500 g/mol. The van der Waals surface area contributed by atoms with Crippen LogP contribution in [0.4, 0.5) is 5.00 Å². The van der Waals surface area contributed by atoms with Gasteiger partial charge >= 0.3 is 5.97 Å². The number of esters is 1. The van der Waals surface area contributed by atoms with Gasteiger partial charge in [-0.25, -0.2) is 4.79 Å². The van der Waals surface area contributed by atoms with Crippen LogP contribution in [0, 0.1) is 6.92 Å². The average molecular weight is 501 g/mol. The molecule has 12 heteroatoms. The molecule has 0 aliphatic rings. The van der Waals surface area contributed by atoms with Crippen LogP contribution in [-0.2, 0) is 16.1 Å². The van der Waals surface area contributed by atoms with E-state index in [1.54, 1.807) is 33.3 Å². The van der Waals surface area contributed by atoms with Gasteiger partial charge in [0, 0.05) is 26.8 Å². The lowest BCUT2D eigenvalue weighted by molar-refractivity contribution is -0.113. The molecule has 1 N–H and O–H groups in total. The second-order valence-corrected chi connectivity index (χ2v) is 9.17. The van der Waals surface area contributed by atoms with Gasteiger partial charge in [0.25, 0.3) is 5.91 Å². The Morgan fingerprint density at radius 1 is 1.29 bits per heavy atom. The Morgan fingerprint density at radius 2 is 2.06 bits per heavy atom. The van der Waals surface area contributed by atoms with Crippen molar-refractivity contribution in [1.82, 2.24) is 24.6 Å². The number of methoxy groups -OCH3 is 1. The zero-order valence-electron chi connectivity index (χ0n) is 19.2. The third kappa shape index (κ3) is 5.34. The fourth-order valence-electron chi connectivity index (χ4n) is 3.02. The lowest BCUT2D eigenvalue weighted by Gasteiger charge is -2.08. The predicted octanol–water partition coefficient (Wildman–Crippen LogP) is 3.12. The van der Waals surface area contributed by atoms with Crippen LogP contribution in [0.1, 0.15) is 25.6 Å². The Morgan fingerprint density at radius 3 is 2.68 bits per heavy atom. The fourth-order valence-corrected chi connectivity index (χ4v) is 5.00. The molecule has 0 bridgehead atoms. The van der Waals surface area contributed by atoms with Gasteiger partial charge in [-0.05, 0) is 24.6 Å². The number of nitrogens with one attached hydrogen (secondary N) is 1. The SMILES string of the molecule is C=CCn1c(SCC(=O)Nc2sc(C(=O)N(C)C)c(C)c2C(=O)OC)nnc1-c1ccccn1. The van der Waals surface area contributed by atoms with E-state index in [0.29, 0.717) is 33.7 Å². The van der Waals surface area contributed by atoms with E-state index < -0.39 is 5.97 Å². The van der Waals surface area contributed by atoms with E-state index in [-0.39, 0.29) is 28.1 Å². The Balaban J connectivity index is 1.80. The molecule has 0 atom stereocenters. The van der Waals surface area contributed by atoms with Gasteiger partial charge in [0.15, 0.2) is 11.0 Å². The van der Waals surface area contributed by atoms with Gasteiger partial charge in [0.2, 0.25) is 5.91 Å². The van der Waals surface area contributed by atoms with E-state index in [9.17, 15) is 14.4 Å². The summed E-state index contributed by atoms with van der Waals surface area (Å²) in [5.41, 5.74) is 1.29. The van der Waals surface area contributed by atoms with Crippen molar-refractivity contribution >= 4 is 45.9 Å². The molecule has 0 saturated carbocycles. The summed E-state index contributed by atoms with van der Waals surface area (Å²) < 4.78 is 6.67. The van der Waals surface area contributed by atoms with Crippen molar-refractivity contribution in [3.05, 3.63) is 53.1 Å². The zero-order chi connectivity index (χ0) is 24.8. The van der Waals surface area contributed by atoms with Crippen LogP contribution in [0.15, 0.2) is 42.2 Å². The topological polar surface area (TPSA) is 119 Å². The van der Waals surface area contributed by atoms with Gasteiger partial charge in [0.1, 0.15) is 10.7 Å². The first kappa shape index (κ1) is 25.1. The summed E-state index contributed by atoms with van der Waals surface area (Å²) in [5.74, 6) is -0.682. The number of pyridine rings is 1. The van der Waals surface area contributed by atoms with Crippen molar-refractivity contribution in [1.29, 1.82) is 0 Å². The first-order valence-corrected chi connectivity index (χ1v) is 11.9. The molecule has 0 saturated heterocycles. The van der Waals surface area contributed by atoms with Crippen LogP contribution in [0.25, 0.3) is 11.5 Å². The van der Waals surface area contributed by atoms with Gasteiger partial charge in [-0.1, -0.05) is 23.9 Å². The minimum absolute atomic E-state index is 0.00597. The number of hydrogen-bond acceptors (Lipinski definition) is 9. The molecule has 0 aromatic carbocycles. The van der Waals surface area contributed by atoms with E-state index in [4.69, 9.17) is 4.74 Å². The smallest absolute Gasteiger partial charge is 0.341 e. The van der Waals surface area contributed by atoms with Crippen LogP contribution < -0.4 is 5.32 Å². The normalized spacial score (nSPS) is 10.6. The molecule has 10 nitrogen and oxygen atoms in total. The standard InChI is InChI=1S/C22H24N6O4S2/c1-6-11-28-18(14-9-7-8-10-23-14)25-26-22(28)33-12-15(29)24-19-16(21(31)32-5)13(2)17(34-19)20(30)27(3)4/h6-10H,1,11-12H2,2-5H3,(H,24,29). The highest BCUT2D eigenvalue weighted by Gasteiger charge is 2.27. The van der Waals surface area contributed by atoms with Crippen LogP contribution in [0.3, 0.4) is 0 Å². The number of amides is 2. The molecule has 0 aliphatic carbocycles. The molecule has 3 rings (SSSR count). The van der Waals surface area contributed by atoms with Crippen LogP contribution in [0.5, 0.6) is 0 Å². The van der Waals surface area contributed by atoms with E-state index in [0.717, 1.165) is 11.3 Å². The highest BCUT2D eigenvalue weighted by atomic mass is 32.2. The first-order valence-electron chi connectivity index (χ1n) is 10.1. The molecule has 34 heavy (non-hydrogen) atoms. The van der Waals surface area contributed by atoms with Crippen LogP contribution >= 0.6 is 23.1 Å². The van der Waals surface area contributed by atoms with Crippen LogP contribution in [0.2, 0.25) is 0 Å². The van der Waals surface area contributed by atoms with E-state index in [1.165, 1.54) is 23.8 Å². The summed E-state index contributed by atoms with van der Waals surface area (Å²) in [7, 11) is 4.49. The summed E-state index contributed by atoms with van der Waals surface area (Å²) >= 11 is 2.23. The number of ether oxygens (including phenoxy) is 1. The van der Waals surface area contributed by atoms with Crippen LogP contribution in [-0.4, -0.2) is 69.4 Å². The highest BCUT2D eigenvalue weighted by molar-refractivity contribution is 7.99. The van der Waals surface area contributed by atoms with Gasteiger partial charge in [-0.15, -0.1) is 28.1 Å². The minimum Gasteiger partial charge on any atom is -0.465 e. The number of hydrogen-bond donors (Lipinski definition) is 1. The molecule has 0 radical (unpaired) electrons. The zero-order valence-corrected chi connectivity index (χ0v) is 20.8. The number of thiophene rings is 1. The molecule has 0 fully saturated rings. The summed E-state index contributed by atoms with van der Waals surface area (Å²) in [6, 6.07) is 5.49. The van der Waals surface area contributed by atoms with E-state index in [2.05, 4.69) is 27.1 Å². The summed E-state index contributed by atoms with van der Waals surface area (Å²) in [5, 5.41) is 11.9. The molecule has 2 amide bonds. The van der Waals surface area contributed by atoms with Gasteiger partial charge in [0.05, 0.1) is 23.3 Å². The van der Waals surface area contributed by atoms with Gasteiger partial charge < -0.3 is 15.0 Å². The Bertz CT molecular complexity index is 1220. The number of nitrogens with zero attached hydrogens (tertiary/aromatic N) is 5. The highest BCUT2D eigenvalue weighted by Crippen LogP contribution is 2.34. The number of anilines is 1. The average Bonchev–Trinajstić information content (AvgIpc) is 3.37. The maximum Gasteiger partial charge on any atom is 0.341 e. The molecule has 0 spiro atoms. The molecule has 178 valence electrons. The van der Waals surface area contributed by atoms with Gasteiger partial charge in [-0.3, -0.25) is 19.1 Å². The van der Waals surface area contributed by atoms with E-state index in [1.807, 2.05) is 22.8 Å². The predicted molar refractivity (Wildman–Crippen MR) is 131 cm³/mol. The molecule has 3 aromatic heterocycles. The fraction of sp³-hybridized carbons (Fsp3) is 0.273. The van der Waals surface area contributed by atoms with Gasteiger partial charge in [-0.2, -0.15) is 0 Å². The quantitative estimate of drug-likeness (QED) is 0.270. The van der Waals surface area contributed by atoms with Crippen molar-refractivity contribution in [3.8, 4) is 11.5 Å². The van der Waals surface area contributed by atoms with Crippen molar-refractivity contribution in [3.63, 3.8) is 0 Å². The molecular weight excluding hydrogens is 476 g/mol. The van der Waals surface area contributed by atoms with Crippen molar-refractivity contribution in [2.75, 3.05) is 32.3 Å². The molecule has 0 unspecified atom stereocenters. The van der Waals surface area contributed by atoms with Crippen molar-refractivity contribution in [2.24, 2.45) is 0 Å². The maximum atomic E-state index is 12.8. The number of thioether (sulfide) groups is 1. The van der Waals surface area contributed by atoms with Crippen molar-refractivity contribution in [2.45, 2.75) is 18.6 Å². The molecule has 0 aliphatic heterocycles. The lowest BCUT2D eigenvalue weighted by Crippen LogP contribution is -2.21. The second-order valence-electron chi connectivity index (χ2n) is 7.21. The Kier molecular flexibility index (Phi) is 8.18. The number of rotatable bonds is 9. The molecule has 3 aromatic rings. The number of carbonyl (C=O) groups excluding carboxylic acids is 3. The maximum absolute atomic E-state index is 12.8.